The molecule has 1 aromatic rings. The highest BCUT2D eigenvalue weighted by Crippen LogP contribution is 2.22. The summed E-state index contributed by atoms with van der Waals surface area (Å²) in [4.78, 5) is 2.44. The fraction of sp³-hybridized carbons (Fsp3) is 0.462. The number of nitrogens with one attached hydrogen (secondary N) is 1. The van der Waals surface area contributed by atoms with Gasteiger partial charge in [0.2, 0.25) is 0 Å². The summed E-state index contributed by atoms with van der Waals surface area (Å²) in [5, 5.41) is 12.8. The van der Waals surface area contributed by atoms with Crippen LogP contribution in [0.25, 0.3) is 0 Å². The van der Waals surface area contributed by atoms with Crippen LogP contribution in [0.15, 0.2) is 18.2 Å². The van der Waals surface area contributed by atoms with Crippen LogP contribution in [-0.2, 0) is 0 Å². The first kappa shape index (κ1) is 12.2. The molecule has 17 heavy (non-hydrogen) atoms. The van der Waals surface area contributed by atoms with Crippen LogP contribution in [0.5, 0.6) is 0 Å². The van der Waals surface area contributed by atoms with Crippen LogP contribution in [0.1, 0.15) is 18.4 Å². The molecule has 2 rings (SSSR count). The summed E-state index contributed by atoms with van der Waals surface area (Å²) in [6.07, 6.45) is 2.62. The molecule has 0 aromatic heterocycles. The van der Waals surface area contributed by atoms with Gasteiger partial charge in [-0.2, -0.15) is 5.26 Å². The van der Waals surface area contributed by atoms with Crippen LogP contribution in [0, 0.1) is 11.3 Å². The van der Waals surface area contributed by atoms with Gasteiger partial charge in [-0.25, -0.2) is 0 Å². The highest BCUT2D eigenvalue weighted by Gasteiger charge is 2.10. The lowest BCUT2D eigenvalue weighted by Crippen LogP contribution is -2.26. The maximum Gasteiger partial charge on any atom is 0.0992 e. The molecule has 1 aliphatic rings. The fourth-order valence-corrected chi connectivity index (χ4v) is 2.27. The van der Waals surface area contributed by atoms with Gasteiger partial charge in [0.05, 0.1) is 22.3 Å². The summed E-state index contributed by atoms with van der Waals surface area (Å²) in [5.74, 6) is 0. The number of hydrogen-bond acceptors (Lipinski definition) is 3. The third kappa shape index (κ3) is 3.36. The number of hydrogen-bond donors (Lipinski definition) is 1. The van der Waals surface area contributed by atoms with Gasteiger partial charge in [0.25, 0.3) is 0 Å². The van der Waals surface area contributed by atoms with E-state index in [2.05, 4.69) is 16.3 Å². The van der Waals surface area contributed by atoms with E-state index in [1.165, 1.54) is 25.9 Å². The van der Waals surface area contributed by atoms with Crippen LogP contribution >= 0.6 is 11.6 Å². The summed E-state index contributed by atoms with van der Waals surface area (Å²) < 4.78 is 0. The Labute approximate surface area is 107 Å². The second kappa shape index (κ2) is 5.90. The average Bonchev–Trinajstić information content (AvgIpc) is 2.84. The van der Waals surface area contributed by atoms with Gasteiger partial charge in [0, 0.05) is 13.1 Å². The Morgan fingerprint density at radius 1 is 1.35 bits per heavy atom. The number of anilines is 1. The number of benzene rings is 1. The molecule has 1 heterocycles. The van der Waals surface area contributed by atoms with Crippen LogP contribution in [0.3, 0.4) is 0 Å². The van der Waals surface area contributed by atoms with Gasteiger partial charge in [-0.05, 0) is 44.1 Å². The Morgan fingerprint density at radius 3 is 2.82 bits per heavy atom. The molecule has 0 bridgehead atoms. The quantitative estimate of drug-likeness (QED) is 0.892. The maximum absolute atomic E-state index is 8.82. The van der Waals surface area contributed by atoms with Crippen molar-refractivity contribution in [3.8, 4) is 6.07 Å². The molecule has 1 aliphatic heterocycles. The minimum Gasteiger partial charge on any atom is -0.383 e. The first-order valence-corrected chi connectivity index (χ1v) is 6.33. The molecule has 0 unspecified atom stereocenters. The van der Waals surface area contributed by atoms with Crippen LogP contribution in [-0.4, -0.2) is 31.1 Å². The van der Waals surface area contributed by atoms with Crippen LogP contribution < -0.4 is 5.32 Å². The predicted octanol–water partition coefficient (Wildman–Crippen LogP) is 2.72. The zero-order valence-electron chi connectivity index (χ0n) is 9.75. The summed E-state index contributed by atoms with van der Waals surface area (Å²) in [6.45, 7) is 4.31. The number of nitrogens with zero attached hydrogens (tertiary/aromatic N) is 2. The van der Waals surface area contributed by atoms with Crippen molar-refractivity contribution in [2.24, 2.45) is 0 Å². The first-order valence-electron chi connectivity index (χ1n) is 5.95. The number of nitriles is 1. The lowest BCUT2D eigenvalue weighted by Gasteiger charge is -2.15. The second-order valence-electron chi connectivity index (χ2n) is 4.28. The Bertz CT molecular complexity index is 419. The van der Waals surface area contributed by atoms with Gasteiger partial charge in [-0.1, -0.05) is 11.6 Å². The molecule has 0 saturated carbocycles. The van der Waals surface area contributed by atoms with Crippen LogP contribution in [0.2, 0.25) is 5.02 Å². The molecule has 3 nitrogen and oxygen atoms in total. The zero-order valence-corrected chi connectivity index (χ0v) is 10.5. The Balaban J connectivity index is 1.87. The lowest BCUT2D eigenvalue weighted by atomic mass is 10.2. The van der Waals surface area contributed by atoms with Crippen molar-refractivity contribution < 1.29 is 0 Å². The first-order chi connectivity index (χ1) is 8.29. The van der Waals surface area contributed by atoms with E-state index in [1.807, 2.05) is 0 Å². The van der Waals surface area contributed by atoms with E-state index in [1.54, 1.807) is 18.2 Å². The minimum atomic E-state index is 0.637. The lowest BCUT2D eigenvalue weighted by molar-refractivity contribution is 0.352. The Morgan fingerprint density at radius 2 is 2.12 bits per heavy atom. The van der Waals surface area contributed by atoms with Crippen molar-refractivity contribution in [1.82, 2.24) is 4.90 Å². The smallest absolute Gasteiger partial charge is 0.0992 e. The highest BCUT2D eigenvalue weighted by atomic mass is 35.5. The van der Waals surface area contributed by atoms with Crippen molar-refractivity contribution >= 4 is 17.3 Å². The van der Waals surface area contributed by atoms with Gasteiger partial charge in [-0.3, -0.25) is 0 Å². The van der Waals surface area contributed by atoms with E-state index >= 15 is 0 Å². The summed E-state index contributed by atoms with van der Waals surface area (Å²) >= 11 is 6.06. The molecule has 90 valence electrons. The molecule has 0 aliphatic carbocycles. The molecule has 1 N–H and O–H groups in total. The molecule has 1 saturated heterocycles. The zero-order chi connectivity index (χ0) is 12.1. The molecular weight excluding hydrogens is 234 g/mol. The monoisotopic (exact) mass is 249 g/mol. The maximum atomic E-state index is 8.82. The third-order valence-corrected chi connectivity index (χ3v) is 3.37. The van der Waals surface area contributed by atoms with Gasteiger partial charge in [0.15, 0.2) is 0 Å². The van der Waals surface area contributed by atoms with Gasteiger partial charge in [-0.15, -0.1) is 0 Å². The topological polar surface area (TPSA) is 39.1 Å². The molecule has 0 amide bonds. The molecule has 0 atom stereocenters. The van der Waals surface area contributed by atoms with Crippen molar-refractivity contribution in [2.45, 2.75) is 12.8 Å². The third-order valence-electron chi connectivity index (χ3n) is 3.04. The van der Waals surface area contributed by atoms with E-state index in [9.17, 15) is 0 Å². The minimum absolute atomic E-state index is 0.637. The van der Waals surface area contributed by atoms with Crippen molar-refractivity contribution in [2.75, 3.05) is 31.5 Å². The molecule has 0 radical (unpaired) electrons. The van der Waals surface area contributed by atoms with E-state index in [0.717, 1.165) is 18.8 Å². The summed E-state index contributed by atoms with van der Waals surface area (Å²) in [6, 6.07) is 7.41. The van der Waals surface area contributed by atoms with Crippen LogP contribution in [0.4, 0.5) is 5.69 Å². The predicted molar refractivity (Wildman–Crippen MR) is 70.3 cm³/mol. The highest BCUT2D eigenvalue weighted by molar-refractivity contribution is 6.33. The normalized spacial score (nSPS) is 15.8. The summed E-state index contributed by atoms with van der Waals surface area (Å²) in [7, 11) is 0. The van der Waals surface area contributed by atoms with E-state index in [0.29, 0.717) is 10.6 Å². The summed E-state index contributed by atoms with van der Waals surface area (Å²) in [5.41, 5.74) is 1.49. The second-order valence-corrected chi connectivity index (χ2v) is 4.69. The van der Waals surface area contributed by atoms with E-state index in [-0.39, 0.29) is 0 Å². The van der Waals surface area contributed by atoms with Crippen molar-refractivity contribution in [3.63, 3.8) is 0 Å². The van der Waals surface area contributed by atoms with Gasteiger partial charge >= 0.3 is 0 Å². The molecule has 1 aromatic carbocycles. The largest absolute Gasteiger partial charge is 0.383 e. The van der Waals surface area contributed by atoms with Crippen molar-refractivity contribution in [1.29, 1.82) is 5.26 Å². The molecule has 0 spiro atoms. The molecular formula is C13H16ClN3. The van der Waals surface area contributed by atoms with Gasteiger partial charge in [0.1, 0.15) is 0 Å². The molecule has 4 heteroatoms. The number of halogens is 1. The van der Waals surface area contributed by atoms with E-state index in [4.69, 9.17) is 16.9 Å². The average molecular weight is 250 g/mol. The molecule has 1 fully saturated rings. The van der Waals surface area contributed by atoms with E-state index < -0.39 is 0 Å². The SMILES string of the molecule is N#Cc1ccc(Cl)c(NCCN2CCCC2)c1. The van der Waals surface area contributed by atoms with Gasteiger partial charge < -0.3 is 10.2 Å². The standard InChI is InChI=1S/C13H16ClN3/c14-12-4-3-11(10-15)9-13(12)16-5-8-17-6-1-2-7-17/h3-4,9,16H,1-2,5-8H2. The van der Waals surface area contributed by atoms with Crippen molar-refractivity contribution in [3.05, 3.63) is 28.8 Å². The Kier molecular flexibility index (Phi) is 4.24. The number of likely N-dealkylation sites (tertiary alicyclic amines) is 1. The number of rotatable bonds is 4. The fourth-order valence-electron chi connectivity index (χ4n) is 2.09. The Hall–Kier alpha value is -1.24.